The largest absolute Gasteiger partial charge is 0.379 e. The molecule has 0 unspecified atom stereocenters. The Morgan fingerprint density at radius 2 is 1.41 bits per heavy atom. The first-order valence-electron chi connectivity index (χ1n) is 15.8. The van der Waals surface area contributed by atoms with E-state index in [1.54, 1.807) is 7.11 Å². The second-order valence-electron chi connectivity index (χ2n) is 13.7. The van der Waals surface area contributed by atoms with Gasteiger partial charge in [-0.1, -0.05) is 13.8 Å². The highest BCUT2D eigenvalue weighted by Gasteiger charge is 2.30. The van der Waals surface area contributed by atoms with E-state index in [1.807, 2.05) is 41.5 Å². The van der Waals surface area contributed by atoms with Crippen LogP contribution in [0.3, 0.4) is 0 Å². The van der Waals surface area contributed by atoms with Crippen molar-refractivity contribution in [3.05, 3.63) is 0 Å². The maximum atomic E-state index is 13.4. The second kappa shape index (κ2) is 18.4. The minimum Gasteiger partial charge on any atom is -0.379 e. The summed E-state index contributed by atoms with van der Waals surface area (Å²) in [5, 5.41) is 5.44. The van der Waals surface area contributed by atoms with Gasteiger partial charge in [0.2, 0.25) is 29.5 Å². The highest BCUT2D eigenvalue weighted by molar-refractivity contribution is 6.02. The minimum absolute atomic E-state index is 0.00352. The molecule has 254 valence electrons. The maximum absolute atomic E-state index is 13.4. The molecular formula is C32H58N4O8. The molecule has 0 aromatic heterocycles. The fourth-order valence-corrected chi connectivity index (χ4v) is 4.35. The molecule has 1 heterocycles. The third kappa shape index (κ3) is 16.5. The van der Waals surface area contributed by atoms with Gasteiger partial charge in [-0.3, -0.25) is 28.9 Å². The van der Waals surface area contributed by atoms with Crippen LogP contribution in [-0.2, 0) is 38.2 Å². The van der Waals surface area contributed by atoms with Gasteiger partial charge in [0, 0.05) is 59.2 Å². The topological polar surface area (TPSA) is 144 Å². The molecule has 2 N–H and O–H groups in total. The Labute approximate surface area is 264 Å². The van der Waals surface area contributed by atoms with Gasteiger partial charge in [0.15, 0.2) is 0 Å². The zero-order valence-electron chi connectivity index (χ0n) is 28.6. The Balaban J connectivity index is 2.66. The van der Waals surface area contributed by atoms with Crippen LogP contribution in [0.25, 0.3) is 0 Å². The van der Waals surface area contributed by atoms with Crippen LogP contribution in [0.5, 0.6) is 0 Å². The van der Waals surface area contributed by atoms with Crippen LogP contribution >= 0.6 is 0 Å². The van der Waals surface area contributed by atoms with Gasteiger partial charge in [-0.25, -0.2) is 0 Å². The van der Waals surface area contributed by atoms with Crippen molar-refractivity contribution in [2.45, 2.75) is 117 Å². The number of methoxy groups -OCH3 is 1. The smallest absolute Gasteiger partial charge is 0.239 e. The molecule has 0 aromatic rings. The maximum Gasteiger partial charge on any atom is 0.239 e. The first-order valence-corrected chi connectivity index (χ1v) is 15.8. The first kappa shape index (κ1) is 39.5. The van der Waals surface area contributed by atoms with E-state index in [4.69, 9.17) is 14.2 Å². The Kier molecular flexibility index (Phi) is 16.5. The Hall–Kier alpha value is -2.57. The average molecular weight is 627 g/mol. The zero-order chi connectivity index (χ0) is 33.6. The quantitative estimate of drug-likeness (QED) is 0.138. The van der Waals surface area contributed by atoms with Gasteiger partial charge < -0.3 is 29.7 Å². The normalized spacial score (nSPS) is 14.4. The highest BCUT2D eigenvalue weighted by atomic mass is 16.5. The van der Waals surface area contributed by atoms with Crippen molar-refractivity contribution < 1.29 is 38.2 Å². The monoisotopic (exact) mass is 626 g/mol. The van der Waals surface area contributed by atoms with Crippen LogP contribution in [0.4, 0.5) is 0 Å². The predicted molar refractivity (Wildman–Crippen MR) is 168 cm³/mol. The lowest BCUT2D eigenvalue weighted by molar-refractivity contribution is -0.142. The van der Waals surface area contributed by atoms with Crippen molar-refractivity contribution >= 4 is 29.5 Å². The van der Waals surface area contributed by atoms with Crippen LogP contribution in [0, 0.1) is 5.92 Å². The van der Waals surface area contributed by atoms with Crippen molar-refractivity contribution in [2.75, 3.05) is 53.0 Å². The summed E-state index contributed by atoms with van der Waals surface area (Å²) in [5.41, 5.74) is -1.52. The molecule has 1 aliphatic rings. The van der Waals surface area contributed by atoms with Crippen molar-refractivity contribution in [1.29, 1.82) is 0 Å². The van der Waals surface area contributed by atoms with Gasteiger partial charge in [0.05, 0.1) is 36.4 Å². The molecule has 12 nitrogen and oxygen atoms in total. The molecule has 0 aliphatic carbocycles. The second-order valence-corrected chi connectivity index (χ2v) is 13.7. The molecule has 0 radical (unpaired) electrons. The third-order valence-corrected chi connectivity index (χ3v) is 7.67. The van der Waals surface area contributed by atoms with Crippen LogP contribution < -0.4 is 10.6 Å². The van der Waals surface area contributed by atoms with Crippen molar-refractivity contribution in [1.82, 2.24) is 20.4 Å². The number of nitrogens with one attached hydrogen (secondary N) is 2. The van der Waals surface area contributed by atoms with Crippen molar-refractivity contribution in [2.24, 2.45) is 5.92 Å². The summed E-state index contributed by atoms with van der Waals surface area (Å²) in [5.74, 6) is -0.888. The van der Waals surface area contributed by atoms with Gasteiger partial charge in [-0.05, 0) is 66.7 Å². The van der Waals surface area contributed by atoms with Gasteiger partial charge >= 0.3 is 0 Å². The van der Waals surface area contributed by atoms with Crippen LogP contribution in [0.15, 0.2) is 0 Å². The number of likely N-dealkylation sites (tertiary alicyclic amines) is 1. The lowest BCUT2D eigenvalue weighted by Crippen LogP contribution is -2.46. The zero-order valence-corrected chi connectivity index (χ0v) is 28.6. The van der Waals surface area contributed by atoms with E-state index in [9.17, 15) is 24.0 Å². The van der Waals surface area contributed by atoms with Gasteiger partial charge in [-0.2, -0.15) is 0 Å². The molecule has 1 saturated heterocycles. The molecule has 44 heavy (non-hydrogen) atoms. The van der Waals surface area contributed by atoms with Crippen LogP contribution in [-0.4, -0.2) is 109 Å². The summed E-state index contributed by atoms with van der Waals surface area (Å²) in [6.45, 7) is 17.5. The van der Waals surface area contributed by atoms with Crippen molar-refractivity contribution in [3.63, 3.8) is 0 Å². The highest BCUT2D eigenvalue weighted by Crippen LogP contribution is 2.22. The number of rotatable bonds is 22. The number of hydrogen-bond donors (Lipinski definition) is 2. The standard InChI is InChI=1S/C32H58N4O8/c1-24(2)13-20-43-32(7,8)22-29(41)35(19-14-31(5,6)44-21-15-30(3,4)42-9)23-26(38)34-17-16-33-25(37)12-18-36-27(39)10-11-28(36)40/h24H,10-23H2,1-9H3,(H,33,37)(H,34,38). The number of carbonyl (C=O) groups excluding carboxylic acids is 5. The molecule has 5 amide bonds. The fourth-order valence-electron chi connectivity index (χ4n) is 4.35. The summed E-state index contributed by atoms with van der Waals surface area (Å²) in [4.78, 5) is 64.5. The molecule has 1 aliphatic heterocycles. The summed E-state index contributed by atoms with van der Waals surface area (Å²) >= 11 is 0. The van der Waals surface area contributed by atoms with E-state index in [0.717, 1.165) is 11.3 Å². The number of hydrogen-bond acceptors (Lipinski definition) is 8. The number of ether oxygens (including phenoxy) is 3. The number of nitrogens with zero attached hydrogens (tertiary/aromatic N) is 2. The van der Waals surface area contributed by atoms with E-state index in [1.165, 1.54) is 4.90 Å². The number of amides is 5. The Morgan fingerprint density at radius 3 is 1.98 bits per heavy atom. The van der Waals surface area contributed by atoms with E-state index < -0.39 is 11.2 Å². The molecule has 0 saturated carbocycles. The van der Waals surface area contributed by atoms with Crippen LogP contribution in [0.1, 0.15) is 100 Å². The average Bonchev–Trinajstić information content (AvgIpc) is 3.23. The molecular weight excluding hydrogens is 568 g/mol. The molecule has 0 bridgehead atoms. The molecule has 12 heteroatoms. The minimum atomic E-state index is -0.687. The lowest BCUT2D eigenvalue weighted by Gasteiger charge is -2.33. The number of carbonyl (C=O) groups is 5. The molecule has 0 aromatic carbocycles. The molecule has 1 fully saturated rings. The Bertz CT molecular complexity index is 948. The number of imide groups is 1. The van der Waals surface area contributed by atoms with Gasteiger partial charge in [-0.15, -0.1) is 0 Å². The van der Waals surface area contributed by atoms with E-state index in [-0.39, 0.29) is 87.0 Å². The summed E-state index contributed by atoms with van der Waals surface area (Å²) in [6.07, 6.45) is 2.62. The Morgan fingerprint density at radius 1 is 0.841 bits per heavy atom. The summed E-state index contributed by atoms with van der Waals surface area (Å²) < 4.78 is 17.6. The molecule has 1 rings (SSSR count). The molecule has 0 atom stereocenters. The van der Waals surface area contributed by atoms with Gasteiger partial charge in [0.25, 0.3) is 0 Å². The lowest BCUT2D eigenvalue weighted by atomic mass is 10.0. The summed E-state index contributed by atoms with van der Waals surface area (Å²) in [6, 6.07) is 0. The first-order chi connectivity index (χ1) is 20.4. The van der Waals surface area contributed by atoms with E-state index in [2.05, 4.69) is 24.5 Å². The third-order valence-electron chi connectivity index (χ3n) is 7.67. The van der Waals surface area contributed by atoms with Crippen molar-refractivity contribution in [3.8, 4) is 0 Å². The van der Waals surface area contributed by atoms with Crippen LogP contribution in [0.2, 0.25) is 0 Å². The van der Waals surface area contributed by atoms with E-state index in [0.29, 0.717) is 38.5 Å². The van der Waals surface area contributed by atoms with E-state index >= 15 is 0 Å². The molecule has 0 spiro atoms. The predicted octanol–water partition coefficient (Wildman–Crippen LogP) is 2.82. The SMILES string of the molecule is COC(C)(C)CCOC(C)(C)CCN(CC(=O)NCCNC(=O)CCN1C(=O)CCC1=O)C(=O)CC(C)(C)OCCC(C)C. The fraction of sp³-hybridized carbons (Fsp3) is 0.844. The summed E-state index contributed by atoms with van der Waals surface area (Å²) in [7, 11) is 1.67. The van der Waals surface area contributed by atoms with Gasteiger partial charge in [0.1, 0.15) is 0 Å².